The predicted molar refractivity (Wildman–Crippen MR) is 151 cm³/mol. The summed E-state index contributed by atoms with van der Waals surface area (Å²) in [4.78, 5) is 18.6. The molecule has 1 aromatic heterocycles. The third kappa shape index (κ3) is 7.59. The summed E-state index contributed by atoms with van der Waals surface area (Å²) in [7, 11) is 1.68. The number of rotatable bonds is 12. The van der Waals surface area contributed by atoms with Gasteiger partial charge in [0.1, 0.15) is 5.75 Å². The number of carbonyl (C=O) groups is 1. The van der Waals surface area contributed by atoms with Crippen LogP contribution in [0.4, 0.5) is 0 Å². The number of hydrogen-bond acceptors (Lipinski definition) is 4. The molecule has 5 nitrogen and oxygen atoms in total. The van der Waals surface area contributed by atoms with Crippen LogP contribution in [0.1, 0.15) is 49.7 Å². The second-order valence-corrected chi connectivity index (χ2v) is 10.9. The average Bonchev–Trinajstić information content (AvgIpc) is 2.89. The highest BCUT2D eigenvalue weighted by atomic mass is 35.5. The van der Waals surface area contributed by atoms with E-state index in [9.17, 15) is 9.90 Å². The minimum atomic E-state index is -0.695. The van der Waals surface area contributed by atoms with E-state index in [0.29, 0.717) is 16.0 Å². The fourth-order valence-corrected chi connectivity index (χ4v) is 6.08. The maximum Gasteiger partial charge on any atom is 0.303 e. The standard InChI is InChI=1S/C30H36Cl2N2O3/c1-37-25-11-12-28-26(19-25)22(13-15-33-28)8-4-7-21-14-17-34(20-24(21)18-29(35)36)16-3-2-6-23-9-5-10-27(31)30(23)32/h5,9-13,15,19,21,24H,2-4,6-8,14,16-18,20H2,1H3,(H,35,36)/t21-,24+/m1/s1. The number of benzene rings is 2. The van der Waals surface area contributed by atoms with Gasteiger partial charge in [0, 0.05) is 24.5 Å². The molecule has 0 bridgehead atoms. The van der Waals surface area contributed by atoms with Crippen LogP contribution in [0.25, 0.3) is 10.9 Å². The maximum atomic E-state index is 11.6. The Morgan fingerprint density at radius 2 is 1.92 bits per heavy atom. The number of fused-ring (bicyclic) bond motifs is 1. The number of likely N-dealkylation sites (tertiary alicyclic amines) is 1. The van der Waals surface area contributed by atoms with Crippen LogP contribution < -0.4 is 4.74 Å². The molecule has 0 unspecified atom stereocenters. The van der Waals surface area contributed by atoms with E-state index >= 15 is 0 Å². The lowest BCUT2D eigenvalue weighted by atomic mass is 9.79. The van der Waals surface area contributed by atoms with Crippen molar-refractivity contribution in [2.24, 2.45) is 11.8 Å². The van der Waals surface area contributed by atoms with Gasteiger partial charge in [-0.15, -0.1) is 0 Å². The van der Waals surface area contributed by atoms with Crippen molar-refractivity contribution in [3.63, 3.8) is 0 Å². The lowest BCUT2D eigenvalue weighted by Gasteiger charge is -2.38. The first-order valence-electron chi connectivity index (χ1n) is 13.2. The van der Waals surface area contributed by atoms with Crippen molar-refractivity contribution in [2.75, 3.05) is 26.7 Å². The second kappa shape index (κ2) is 13.5. The molecule has 1 N–H and O–H groups in total. The van der Waals surface area contributed by atoms with Crippen molar-refractivity contribution in [1.29, 1.82) is 0 Å². The van der Waals surface area contributed by atoms with E-state index in [0.717, 1.165) is 86.8 Å². The Bertz CT molecular complexity index is 1200. The van der Waals surface area contributed by atoms with Gasteiger partial charge in [-0.3, -0.25) is 9.78 Å². The summed E-state index contributed by atoms with van der Waals surface area (Å²) in [5.74, 6) is 0.786. The number of unbranched alkanes of at least 4 members (excludes halogenated alkanes) is 1. The summed E-state index contributed by atoms with van der Waals surface area (Å²) in [6, 6.07) is 13.9. The van der Waals surface area contributed by atoms with E-state index in [-0.39, 0.29) is 12.3 Å². The van der Waals surface area contributed by atoms with Gasteiger partial charge in [0.15, 0.2) is 0 Å². The summed E-state index contributed by atoms with van der Waals surface area (Å²) in [5, 5.41) is 12.0. The third-order valence-corrected chi connectivity index (χ3v) is 8.53. The Kier molecular flexibility index (Phi) is 10.1. The van der Waals surface area contributed by atoms with E-state index in [1.54, 1.807) is 7.11 Å². The molecule has 198 valence electrons. The van der Waals surface area contributed by atoms with Crippen LogP contribution in [0, 0.1) is 11.8 Å². The first kappa shape index (κ1) is 27.7. The van der Waals surface area contributed by atoms with Crippen LogP contribution in [-0.2, 0) is 17.6 Å². The Balaban J connectivity index is 1.27. The molecule has 37 heavy (non-hydrogen) atoms. The number of pyridine rings is 1. The summed E-state index contributed by atoms with van der Waals surface area (Å²) < 4.78 is 5.41. The van der Waals surface area contributed by atoms with Crippen LogP contribution in [0.5, 0.6) is 5.75 Å². The number of methoxy groups -OCH3 is 1. The summed E-state index contributed by atoms with van der Waals surface area (Å²) in [6.07, 6.45) is 9.22. The molecule has 0 amide bonds. The molecule has 2 heterocycles. The molecular weight excluding hydrogens is 507 g/mol. The molecular formula is C30H36Cl2N2O3. The molecule has 1 aliphatic heterocycles. The summed E-state index contributed by atoms with van der Waals surface area (Å²) in [5.41, 5.74) is 3.35. The van der Waals surface area contributed by atoms with Crippen molar-refractivity contribution in [3.05, 3.63) is 69.8 Å². The Morgan fingerprint density at radius 3 is 2.73 bits per heavy atom. The highest BCUT2D eigenvalue weighted by Gasteiger charge is 2.30. The van der Waals surface area contributed by atoms with Gasteiger partial charge < -0.3 is 14.7 Å². The number of ether oxygens (including phenoxy) is 1. The van der Waals surface area contributed by atoms with Crippen molar-refractivity contribution in [1.82, 2.24) is 9.88 Å². The van der Waals surface area contributed by atoms with Gasteiger partial charge >= 0.3 is 5.97 Å². The maximum absolute atomic E-state index is 11.6. The monoisotopic (exact) mass is 542 g/mol. The minimum Gasteiger partial charge on any atom is -0.497 e. The lowest BCUT2D eigenvalue weighted by molar-refractivity contribution is -0.139. The van der Waals surface area contributed by atoms with Crippen LogP contribution in [0.3, 0.4) is 0 Å². The number of aryl methyl sites for hydroxylation is 2. The number of piperidine rings is 1. The number of nitrogens with zero attached hydrogens (tertiary/aromatic N) is 2. The molecule has 2 atom stereocenters. The molecule has 0 radical (unpaired) electrons. The Labute approximate surface area is 229 Å². The fraction of sp³-hybridized carbons (Fsp3) is 0.467. The first-order chi connectivity index (χ1) is 17.9. The molecule has 3 aromatic rings. The van der Waals surface area contributed by atoms with E-state index < -0.39 is 5.97 Å². The van der Waals surface area contributed by atoms with Gasteiger partial charge in [0.25, 0.3) is 0 Å². The Hall–Kier alpha value is -2.34. The lowest BCUT2D eigenvalue weighted by Crippen LogP contribution is -2.41. The zero-order valence-electron chi connectivity index (χ0n) is 21.5. The van der Waals surface area contributed by atoms with E-state index in [2.05, 4.69) is 22.0 Å². The minimum absolute atomic E-state index is 0.197. The van der Waals surface area contributed by atoms with Gasteiger partial charge in [-0.2, -0.15) is 0 Å². The smallest absolute Gasteiger partial charge is 0.303 e. The molecule has 4 rings (SSSR count). The number of aromatic nitrogens is 1. The second-order valence-electron chi connectivity index (χ2n) is 10.1. The van der Waals surface area contributed by atoms with Gasteiger partial charge in [0.2, 0.25) is 0 Å². The number of hydrogen-bond donors (Lipinski definition) is 1. The zero-order chi connectivity index (χ0) is 26.2. The van der Waals surface area contributed by atoms with Gasteiger partial charge in [-0.05, 0) is 111 Å². The number of aliphatic carboxylic acids is 1. The largest absolute Gasteiger partial charge is 0.497 e. The van der Waals surface area contributed by atoms with Crippen LogP contribution in [0.2, 0.25) is 10.0 Å². The van der Waals surface area contributed by atoms with Crippen molar-refractivity contribution < 1.29 is 14.6 Å². The summed E-state index contributed by atoms with van der Waals surface area (Å²) >= 11 is 12.5. The van der Waals surface area contributed by atoms with E-state index in [4.69, 9.17) is 27.9 Å². The molecule has 1 saturated heterocycles. The van der Waals surface area contributed by atoms with E-state index in [1.165, 1.54) is 5.56 Å². The SMILES string of the molecule is COc1ccc2nccc(CCC[C@@H]3CCN(CCCCc4cccc(Cl)c4Cl)C[C@@H]3CC(=O)O)c2c1. The Morgan fingerprint density at radius 1 is 1.08 bits per heavy atom. The van der Waals surface area contributed by atoms with Gasteiger partial charge in [-0.25, -0.2) is 0 Å². The first-order valence-corrected chi connectivity index (χ1v) is 14.0. The van der Waals surface area contributed by atoms with Gasteiger partial charge in [-0.1, -0.05) is 35.3 Å². The highest BCUT2D eigenvalue weighted by Crippen LogP contribution is 2.32. The molecule has 0 spiro atoms. The molecule has 2 aromatic carbocycles. The molecule has 0 aliphatic carbocycles. The van der Waals surface area contributed by atoms with Crippen LogP contribution in [0.15, 0.2) is 48.7 Å². The molecule has 1 fully saturated rings. The number of halogens is 2. The van der Waals surface area contributed by atoms with E-state index in [1.807, 2.05) is 36.5 Å². The normalized spacial score (nSPS) is 18.2. The highest BCUT2D eigenvalue weighted by molar-refractivity contribution is 6.42. The number of carboxylic acid groups (broad SMARTS) is 1. The zero-order valence-corrected chi connectivity index (χ0v) is 23.0. The average molecular weight is 544 g/mol. The molecule has 1 aliphatic rings. The van der Waals surface area contributed by atoms with Crippen molar-refractivity contribution in [3.8, 4) is 5.75 Å². The predicted octanol–water partition coefficient (Wildman–Crippen LogP) is 7.31. The molecule has 7 heteroatoms. The van der Waals surface area contributed by atoms with Crippen molar-refractivity contribution in [2.45, 2.75) is 51.4 Å². The topological polar surface area (TPSA) is 62.7 Å². The van der Waals surface area contributed by atoms with Gasteiger partial charge in [0.05, 0.1) is 22.7 Å². The van der Waals surface area contributed by atoms with Crippen molar-refractivity contribution >= 4 is 40.1 Å². The quantitative estimate of drug-likeness (QED) is 0.243. The summed E-state index contributed by atoms with van der Waals surface area (Å²) in [6.45, 7) is 2.89. The fourth-order valence-electron chi connectivity index (χ4n) is 5.67. The molecule has 0 saturated carbocycles. The van der Waals surface area contributed by atoms with Crippen LogP contribution >= 0.6 is 23.2 Å². The third-order valence-electron chi connectivity index (χ3n) is 7.67. The van der Waals surface area contributed by atoms with Crippen LogP contribution in [-0.4, -0.2) is 47.7 Å². The number of carboxylic acids is 1.